The van der Waals surface area contributed by atoms with Crippen LogP contribution in [-0.2, 0) is 23.9 Å². The minimum atomic E-state index is -4.61. The molecule has 2 amide bonds. The van der Waals surface area contributed by atoms with Gasteiger partial charge in [-0.3, -0.25) is 9.59 Å². The number of nitrogens with two attached hydrogens (primary N) is 1. The summed E-state index contributed by atoms with van der Waals surface area (Å²) in [6.07, 6.45) is -4.96. The van der Waals surface area contributed by atoms with Gasteiger partial charge in [0, 0.05) is 29.6 Å². The van der Waals surface area contributed by atoms with Crippen LogP contribution < -0.4 is 16.4 Å². The molecule has 0 bridgehead atoms. The molecule has 0 saturated carbocycles. The Morgan fingerprint density at radius 1 is 1.03 bits per heavy atom. The average molecular weight is 496 g/mol. The zero-order valence-corrected chi connectivity index (χ0v) is 19.3. The number of fused-ring (bicyclic) bond motifs is 1. The number of nitrogen functional groups attached to an aromatic ring is 1. The van der Waals surface area contributed by atoms with Crippen molar-refractivity contribution < 1.29 is 22.8 Å². The van der Waals surface area contributed by atoms with E-state index in [0.717, 1.165) is 17.0 Å². The number of aromatic amines is 1. The second kappa shape index (κ2) is 10.1. The summed E-state index contributed by atoms with van der Waals surface area (Å²) >= 11 is 0. The van der Waals surface area contributed by atoms with E-state index in [2.05, 4.69) is 20.6 Å². The molecule has 0 radical (unpaired) electrons. The summed E-state index contributed by atoms with van der Waals surface area (Å²) < 4.78 is 40.7. The van der Waals surface area contributed by atoms with E-state index in [0.29, 0.717) is 17.1 Å². The molecule has 7 nitrogen and oxygen atoms in total. The molecule has 2 aromatic heterocycles. The number of anilines is 1. The topological polar surface area (TPSA) is 113 Å². The normalized spacial score (nSPS) is 12.3. The summed E-state index contributed by atoms with van der Waals surface area (Å²) in [6, 6.07) is 15.9. The van der Waals surface area contributed by atoms with Gasteiger partial charge < -0.3 is 21.4 Å². The van der Waals surface area contributed by atoms with Crippen LogP contribution in [0.4, 0.5) is 19.0 Å². The van der Waals surface area contributed by atoms with Gasteiger partial charge in [-0.05, 0) is 42.3 Å². The fourth-order valence-electron chi connectivity index (χ4n) is 3.94. The van der Waals surface area contributed by atoms with Crippen LogP contribution in [0.3, 0.4) is 0 Å². The summed E-state index contributed by atoms with van der Waals surface area (Å²) in [7, 11) is 0. The Hall–Kier alpha value is -4.34. The maximum absolute atomic E-state index is 13.6. The van der Waals surface area contributed by atoms with Crippen molar-refractivity contribution in [2.75, 3.05) is 5.73 Å². The molecular weight excluding hydrogens is 471 g/mol. The molecule has 4 aromatic rings. The highest BCUT2D eigenvalue weighted by atomic mass is 19.4. The zero-order chi connectivity index (χ0) is 25.9. The lowest BCUT2D eigenvalue weighted by atomic mass is 9.99. The molecule has 2 aromatic carbocycles. The number of hydrogen-bond donors (Lipinski definition) is 4. The average Bonchev–Trinajstić information content (AvgIpc) is 3.27. The van der Waals surface area contributed by atoms with E-state index in [1.165, 1.54) is 18.2 Å². The molecule has 0 aliphatic carbocycles. The first-order valence-electron chi connectivity index (χ1n) is 11.2. The predicted octanol–water partition coefficient (Wildman–Crippen LogP) is 4.13. The Morgan fingerprint density at radius 3 is 2.47 bits per heavy atom. The van der Waals surface area contributed by atoms with Gasteiger partial charge in [0.1, 0.15) is 17.6 Å². The van der Waals surface area contributed by atoms with Crippen LogP contribution in [0.25, 0.3) is 10.9 Å². The molecule has 0 aliphatic rings. The van der Waals surface area contributed by atoms with Crippen molar-refractivity contribution >= 4 is 28.5 Å². The number of para-hydroxylation sites is 1. The number of amides is 2. The third kappa shape index (κ3) is 5.65. The molecule has 0 saturated heterocycles. The molecular formula is C26H24F3N5O2. The van der Waals surface area contributed by atoms with Gasteiger partial charge in [0.05, 0.1) is 5.56 Å². The van der Waals surface area contributed by atoms with E-state index >= 15 is 0 Å². The molecule has 1 atom stereocenters. The molecule has 36 heavy (non-hydrogen) atoms. The van der Waals surface area contributed by atoms with Gasteiger partial charge in [-0.2, -0.15) is 13.2 Å². The highest BCUT2D eigenvalue weighted by Crippen LogP contribution is 2.32. The van der Waals surface area contributed by atoms with Gasteiger partial charge in [-0.1, -0.05) is 42.5 Å². The number of halogens is 3. The molecule has 5 N–H and O–H groups in total. The lowest BCUT2D eigenvalue weighted by molar-refractivity contribution is -0.138. The third-order valence-electron chi connectivity index (χ3n) is 5.81. The Bertz CT molecular complexity index is 1380. The standard InChI is InChI=1S/C26H24F3N5O2/c1-15-18(10-11-23(30)32-15)14-31-24(35)21(12-16-6-2-4-8-19(16)26(27,28)29)34-25(36)22-13-17-7-3-5-9-20(17)33-22/h2-11,13,21,33H,12,14H2,1H3,(H2,30,32)(H,31,35)(H,34,36)/t21-/m0/s1. The summed E-state index contributed by atoms with van der Waals surface area (Å²) in [5.74, 6) is -0.913. The second-order valence-electron chi connectivity index (χ2n) is 8.35. The summed E-state index contributed by atoms with van der Waals surface area (Å²) in [4.78, 5) is 33.2. The number of H-pyrrole nitrogens is 1. The lowest BCUT2D eigenvalue weighted by Crippen LogP contribution is -2.48. The van der Waals surface area contributed by atoms with E-state index in [4.69, 9.17) is 5.73 Å². The SMILES string of the molecule is Cc1nc(N)ccc1CNC(=O)[C@H](Cc1ccccc1C(F)(F)F)NC(=O)c1cc2ccccc2[nH]1. The number of carbonyl (C=O) groups is 2. The van der Waals surface area contributed by atoms with Gasteiger partial charge >= 0.3 is 6.18 Å². The first-order valence-corrected chi connectivity index (χ1v) is 11.2. The number of hydrogen-bond acceptors (Lipinski definition) is 4. The predicted molar refractivity (Wildman–Crippen MR) is 130 cm³/mol. The molecule has 186 valence electrons. The Labute approximate surface area is 204 Å². The van der Waals surface area contributed by atoms with Gasteiger partial charge in [0.2, 0.25) is 5.91 Å². The molecule has 0 unspecified atom stereocenters. The number of aromatic nitrogens is 2. The maximum Gasteiger partial charge on any atom is 0.416 e. The van der Waals surface area contributed by atoms with E-state index in [1.807, 2.05) is 12.1 Å². The first kappa shape index (κ1) is 24.8. The Kier molecular flexibility index (Phi) is 6.96. The van der Waals surface area contributed by atoms with Crippen LogP contribution >= 0.6 is 0 Å². The minimum absolute atomic E-state index is 0.0671. The van der Waals surface area contributed by atoms with Gasteiger partial charge in [-0.15, -0.1) is 0 Å². The smallest absolute Gasteiger partial charge is 0.384 e. The number of aryl methyl sites for hydroxylation is 1. The van der Waals surface area contributed by atoms with E-state index in [1.54, 1.807) is 37.3 Å². The number of pyridine rings is 1. The highest BCUT2D eigenvalue weighted by molar-refractivity contribution is 6.00. The van der Waals surface area contributed by atoms with E-state index < -0.39 is 29.6 Å². The summed E-state index contributed by atoms with van der Waals surface area (Å²) in [5.41, 5.74) is 6.91. The highest BCUT2D eigenvalue weighted by Gasteiger charge is 2.34. The molecule has 2 heterocycles. The molecule has 0 spiro atoms. The van der Waals surface area contributed by atoms with Crippen LogP contribution in [-0.4, -0.2) is 27.8 Å². The number of carbonyl (C=O) groups excluding carboxylic acids is 2. The van der Waals surface area contributed by atoms with Crippen molar-refractivity contribution in [1.82, 2.24) is 20.6 Å². The first-order chi connectivity index (χ1) is 17.1. The van der Waals surface area contributed by atoms with Crippen molar-refractivity contribution in [3.05, 3.63) is 94.8 Å². The van der Waals surface area contributed by atoms with Crippen molar-refractivity contribution in [2.24, 2.45) is 0 Å². The number of rotatable bonds is 7. The fraction of sp³-hybridized carbons (Fsp3) is 0.192. The number of nitrogens with zero attached hydrogens (tertiary/aromatic N) is 1. The van der Waals surface area contributed by atoms with Crippen molar-refractivity contribution in [2.45, 2.75) is 32.1 Å². The van der Waals surface area contributed by atoms with Gasteiger partial charge in [0.25, 0.3) is 5.91 Å². The monoisotopic (exact) mass is 495 g/mol. The van der Waals surface area contributed by atoms with E-state index in [9.17, 15) is 22.8 Å². The van der Waals surface area contributed by atoms with Crippen LogP contribution in [0.15, 0.2) is 66.7 Å². The maximum atomic E-state index is 13.6. The van der Waals surface area contributed by atoms with Gasteiger partial charge in [0.15, 0.2) is 0 Å². The summed E-state index contributed by atoms with van der Waals surface area (Å²) in [6.45, 7) is 1.80. The lowest BCUT2D eigenvalue weighted by Gasteiger charge is -2.21. The Morgan fingerprint density at radius 2 is 1.75 bits per heavy atom. The van der Waals surface area contributed by atoms with Crippen LogP contribution in [0.5, 0.6) is 0 Å². The van der Waals surface area contributed by atoms with Crippen molar-refractivity contribution in [3.8, 4) is 0 Å². The van der Waals surface area contributed by atoms with E-state index in [-0.39, 0.29) is 24.2 Å². The summed E-state index contributed by atoms with van der Waals surface area (Å²) in [5, 5.41) is 6.08. The van der Waals surface area contributed by atoms with Crippen molar-refractivity contribution in [3.63, 3.8) is 0 Å². The zero-order valence-electron chi connectivity index (χ0n) is 19.3. The fourth-order valence-corrected chi connectivity index (χ4v) is 3.94. The minimum Gasteiger partial charge on any atom is -0.384 e. The second-order valence-corrected chi connectivity index (χ2v) is 8.35. The van der Waals surface area contributed by atoms with Gasteiger partial charge in [-0.25, -0.2) is 4.98 Å². The molecule has 0 fully saturated rings. The molecule has 4 rings (SSSR count). The Balaban J connectivity index is 1.59. The number of benzene rings is 2. The molecule has 10 heteroatoms. The van der Waals surface area contributed by atoms with Crippen LogP contribution in [0, 0.1) is 6.92 Å². The number of alkyl halides is 3. The number of nitrogens with one attached hydrogen (secondary N) is 3. The van der Waals surface area contributed by atoms with Crippen LogP contribution in [0.2, 0.25) is 0 Å². The largest absolute Gasteiger partial charge is 0.416 e. The third-order valence-corrected chi connectivity index (χ3v) is 5.81. The quantitative estimate of drug-likeness (QED) is 0.309. The van der Waals surface area contributed by atoms with Crippen LogP contribution in [0.1, 0.15) is 32.9 Å². The molecule has 0 aliphatic heterocycles. The van der Waals surface area contributed by atoms with Crippen molar-refractivity contribution in [1.29, 1.82) is 0 Å².